The van der Waals surface area contributed by atoms with Gasteiger partial charge >= 0.3 is 6.61 Å². The van der Waals surface area contributed by atoms with Crippen LogP contribution in [0.5, 0.6) is 5.75 Å². The number of alkyl halides is 2. The smallest absolute Gasteiger partial charge is 0.387 e. The van der Waals surface area contributed by atoms with Crippen molar-refractivity contribution in [3.8, 4) is 5.75 Å². The average molecular weight is 396 g/mol. The summed E-state index contributed by atoms with van der Waals surface area (Å²) in [6, 6.07) is 4.34. The third kappa shape index (κ3) is 5.53. The van der Waals surface area contributed by atoms with E-state index < -0.39 is 28.8 Å². The molecule has 0 aliphatic heterocycles. The van der Waals surface area contributed by atoms with Gasteiger partial charge in [-0.3, -0.25) is 0 Å². The highest BCUT2D eigenvalue weighted by atomic mass is 79.9. The van der Waals surface area contributed by atoms with Gasteiger partial charge in [0.15, 0.2) is 0 Å². The maximum atomic E-state index is 12.6. The van der Waals surface area contributed by atoms with Crippen molar-refractivity contribution in [1.82, 2.24) is 4.72 Å². The van der Waals surface area contributed by atoms with E-state index in [2.05, 4.69) is 32.0 Å². The van der Waals surface area contributed by atoms with Crippen molar-refractivity contribution in [3.63, 3.8) is 0 Å². The van der Waals surface area contributed by atoms with Gasteiger partial charge in [-0.25, -0.2) is 0 Å². The molecule has 1 aromatic rings. The standard InChI is InChI=1S/C15H20BrF2NO2S/c1-5-7-11(19-22(20)15(2,3)4)13-10(16)8-6-9-12(13)21-14(17)18/h5-6,8-9,11,14,19H,1,7H2,2-4H3/t11?,22-/m0/s1. The van der Waals surface area contributed by atoms with Crippen molar-refractivity contribution in [1.29, 1.82) is 0 Å². The lowest BCUT2D eigenvalue weighted by Crippen LogP contribution is -2.41. The van der Waals surface area contributed by atoms with E-state index in [0.29, 0.717) is 16.5 Å². The molecule has 2 atom stereocenters. The monoisotopic (exact) mass is 395 g/mol. The number of rotatable bonds is 7. The summed E-state index contributed by atoms with van der Waals surface area (Å²) in [4.78, 5) is 0. The van der Waals surface area contributed by atoms with Gasteiger partial charge in [0.1, 0.15) is 10.5 Å². The molecular formula is C15H20BrF2NO2S. The summed E-state index contributed by atoms with van der Waals surface area (Å²) in [5.74, 6) is 0.0506. The fourth-order valence-electron chi connectivity index (χ4n) is 1.75. The second-order valence-corrected chi connectivity index (χ2v) is 8.46. The molecule has 1 aromatic carbocycles. The molecule has 7 heteroatoms. The first-order valence-corrected chi connectivity index (χ1v) is 8.63. The Bertz CT molecular complexity index is 509. The van der Waals surface area contributed by atoms with Crippen LogP contribution in [0.15, 0.2) is 35.3 Å². The molecule has 3 nitrogen and oxygen atoms in total. The summed E-state index contributed by atoms with van der Waals surface area (Å²) in [6.07, 6.45) is 2.06. The van der Waals surface area contributed by atoms with Crippen LogP contribution in [0.4, 0.5) is 8.78 Å². The molecule has 0 bridgehead atoms. The van der Waals surface area contributed by atoms with Crippen LogP contribution in [-0.2, 0) is 11.4 Å². The van der Waals surface area contributed by atoms with E-state index in [1.54, 1.807) is 18.2 Å². The molecule has 0 amide bonds. The first kappa shape index (κ1) is 19.4. The van der Waals surface area contributed by atoms with Crippen LogP contribution in [0.1, 0.15) is 38.8 Å². The molecule has 0 radical (unpaired) electrons. The summed E-state index contributed by atoms with van der Waals surface area (Å²) in [7, 11) is 0. The van der Waals surface area contributed by atoms with Gasteiger partial charge in [0.2, 0.25) is 0 Å². The van der Waals surface area contributed by atoms with Crippen molar-refractivity contribution < 1.29 is 18.1 Å². The van der Waals surface area contributed by atoms with Gasteiger partial charge in [0.05, 0.1) is 6.04 Å². The van der Waals surface area contributed by atoms with Gasteiger partial charge in [0.25, 0.3) is 0 Å². The molecule has 0 saturated carbocycles. The van der Waals surface area contributed by atoms with Gasteiger partial charge in [-0.2, -0.15) is 8.78 Å². The third-order valence-corrected chi connectivity index (χ3v) is 5.09. The summed E-state index contributed by atoms with van der Waals surface area (Å²) < 4.78 is 45.2. The predicted octanol–water partition coefficient (Wildman–Crippen LogP) is 4.72. The molecule has 0 heterocycles. The van der Waals surface area contributed by atoms with Crippen molar-refractivity contribution in [3.05, 3.63) is 40.9 Å². The zero-order valence-corrected chi connectivity index (χ0v) is 15.1. The van der Waals surface area contributed by atoms with E-state index >= 15 is 0 Å². The second kappa shape index (κ2) is 8.29. The molecule has 22 heavy (non-hydrogen) atoms. The minimum Gasteiger partial charge on any atom is -0.598 e. The Labute approximate surface area is 141 Å². The van der Waals surface area contributed by atoms with Gasteiger partial charge < -0.3 is 9.29 Å². The van der Waals surface area contributed by atoms with Crippen LogP contribution in [0.2, 0.25) is 0 Å². The van der Waals surface area contributed by atoms with Gasteiger partial charge in [0, 0.05) is 21.4 Å². The first-order chi connectivity index (χ1) is 10.2. The number of hydrogen-bond acceptors (Lipinski definition) is 3. The van der Waals surface area contributed by atoms with Crippen LogP contribution in [0.25, 0.3) is 0 Å². The SMILES string of the molecule is C=CCC(N[S@@+]([O-])C(C)(C)C)c1c(Br)cccc1OC(F)F. The van der Waals surface area contributed by atoms with Gasteiger partial charge in [-0.15, -0.1) is 11.3 Å². The largest absolute Gasteiger partial charge is 0.598 e. The quantitative estimate of drug-likeness (QED) is 0.536. The molecule has 0 aliphatic rings. The molecule has 1 rings (SSSR count). The van der Waals surface area contributed by atoms with E-state index in [-0.39, 0.29) is 5.75 Å². The Morgan fingerprint density at radius 3 is 2.59 bits per heavy atom. The molecular weight excluding hydrogens is 376 g/mol. The fraction of sp³-hybridized carbons (Fsp3) is 0.467. The highest BCUT2D eigenvalue weighted by Gasteiger charge is 2.31. The number of benzene rings is 1. The minimum absolute atomic E-state index is 0.0506. The zero-order chi connectivity index (χ0) is 16.9. The first-order valence-electron chi connectivity index (χ1n) is 6.69. The van der Waals surface area contributed by atoms with E-state index in [1.165, 1.54) is 6.07 Å². The molecule has 1 unspecified atom stereocenters. The Morgan fingerprint density at radius 1 is 1.45 bits per heavy atom. The summed E-state index contributed by atoms with van der Waals surface area (Å²) in [5.41, 5.74) is 0.500. The second-order valence-electron chi connectivity index (χ2n) is 5.61. The molecule has 0 saturated heterocycles. The molecule has 0 fully saturated rings. The van der Waals surface area contributed by atoms with Crippen LogP contribution in [0, 0.1) is 0 Å². The topological polar surface area (TPSA) is 44.3 Å². The normalized spacial score (nSPS) is 14.7. The van der Waals surface area contributed by atoms with Crippen LogP contribution in [0.3, 0.4) is 0 Å². The van der Waals surface area contributed by atoms with Crippen molar-refractivity contribution in [2.24, 2.45) is 0 Å². The molecule has 0 aromatic heterocycles. The number of hydrogen-bond donors (Lipinski definition) is 1. The maximum absolute atomic E-state index is 12.6. The van der Waals surface area contributed by atoms with Crippen LogP contribution < -0.4 is 9.46 Å². The Kier molecular flexibility index (Phi) is 7.31. The predicted molar refractivity (Wildman–Crippen MR) is 89.4 cm³/mol. The van der Waals surface area contributed by atoms with Crippen LogP contribution in [-0.4, -0.2) is 15.9 Å². The van der Waals surface area contributed by atoms with E-state index in [1.807, 2.05) is 20.8 Å². The van der Waals surface area contributed by atoms with Crippen molar-refractivity contribution >= 4 is 27.3 Å². The average Bonchev–Trinajstić information content (AvgIpc) is 2.36. The molecule has 1 N–H and O–H groups in total. The molecule has 124 valence electrons. The minimum atomic E-state index is -2.93. The highest BCUT2D eigenvalue weighted by Crippen LogP contribution is 2.36. The van der Waals surface area contributed by atoms with E-state index in [9.17, 15) is 13.3 Å². The molecule has 0 aliphatic carbocycles. The molecule has 0 spiro atoms. The van der Waals surface area contributed by atoms with E-state index in [4.69, 9.17) is 0 Å². The summed E-state index contributed by atoms with van der Waals surface area (Å²) in [5, 5.41) is 0. The van der Waals surface area contributed by atoms with Crippen molar-refractivity contribution in [2.45, 2.75) is 44.6 Å². The lowest BCUT2D eigenvalue weighted by Gasteiger charge is -2.29. The Morgan fingerprint density at radius 2 is 2.09 bits per heavy atom. The fourth-order valence-corrected chi connectivity index (χ4v) is 3.20. The summed E-state index contributed by atoms with van der Waals surface area (Å²) >= 11 is 1.99. The number of halogens is 3. The van der Waals surface area contributed by atoms with Gasteiger partial charge in [-0.1, -0.05) is 28.1 Å². The number of nitrogens with one attached hydrogen (secondary N) is 1. The summed E-state index contributed by atoms with van der Waals surface area (Å²) in [6.45, 7) is 6.24. The maximum Gasteiger partial charge on any atom is 0.387 e. The van der Waals surface area contributed by atoms with Crippen molar-refractivity contribution in [2.75, 3.05) is 0 Å². The Balaban J connectivity index is 3.17. The van der Waals surface area contributed by atoms with E-state index in [0.717, 1.165) is 0 Å². The number of ether oxygens (including phenoxy) is 1. The van der Waals surface area contributed by atoms with Gasteiger partial charge in [-0.05, 0) is 39.3 Å². The highest BCUT2D eigenvalue weighted by molar-refractivity contribution is 9.10. The lowest BCUT2D eigenvalue weighted by atomic mass is 10.0. The third-order valence-electron chi connectivity index (χ3n) is 2.79. The zero-order valence-electron chi connectivity index (χ0n) is 12.7. The van der Waals surface area contributed by atoms with Crippen LogP contribution >= 0.6 is 15.9 Å². The lowest BCUT2D eigenvalue weighted by molar-refractivity contribution is -0.0507. The Hall–Kier alpha value is -0.630.